The molecule has 4 rings (SSSR count). The average Bonchev–Trinajstić information content (AvgIpc) is 2.89. The molecule has 0 N–H and O–H groups in total. The Bertz CT molecular complexity index is 1480. The zero-order valence-corrected chi connectivity index (χ0v) is 21.6. The molecule has 0 saturated heterocycles. The van der Waals surface area contributed by atoms with Crippen LogP contribution in [0, 0.1) is 0 Å². The van der Waals surface area contributed by atoms with Gasteiger partial charge in [0.15, 0.2) is 23.4 Å². The van der Waals surface area contributed by atoms with E-state index in [4.69, 9.17) is 19.2 Å². The predicted octanol–water partition coefficient (Wildman–Crippen LogP) is 5.05. The molecule has 0 saturated carbocycles. The molecule has 0 aliphatic rings. The average molecular weight is 550 g/mol. The van der Waals surface area contributed by atoms with Gasteiger partial charge in [0.25, 0.3) is 5.56 Å². The van der Waals surface area contributed by atoms with Gasteiger partial charge in [0.1, 0.15) is 0 Å². The quantitative estimate of drug-likeness (QED) is 0.225. The van der Waals surface area contributed by atoms with E-state index in [2.05, 4.69) is 21.0 Å². The molecule has 3 aromatic carbocycles. The highest BCUT2D eigenvalue weighted by Crippen LogP contribution is 2.35. The topological polar surface area (TPSA) is 92.0 Å². The molecular weight excluding hydrogens is 526 g/mol. The van der Waals surface area contributed by atoms with Crippen molar-refractivity contribution in [3.63, 3.8) is 0 Å². The highest BCUT2D eigenvalue weighted by atomic mass is 79.9. The first-order valence-corrected chi connectivity index (χ1v) is 12.0. The van der Waals surface area contributed by atoms with E-state index in [1.807, 2.05) is 36.4 Å². The second-order valence-electron chi connectivity index (χ2n) is 7.72. The Balaban J connectivity index is 1.86. The Morgan fingerprint density at radius 3 is 2.58 bits per heavy atom. The van der Waals surface area contributed by atoms with E-state index in [1.54, 1.807) is 44.2 Å². The van der Waals surface area contributed by atoms with Crippen molar-refractivity contribution >= 4 is 39.0 Å². The van der Waals surface area contributed by atoms with Gasteiger partial charge in [-0.1, -0.05) is 58.4 Å². The molecule has 0 unspecified atom stereocenters. The fourth-order valence-corrected chi connectivity index (χ4v) is 4.03. The van der Waals surface area contributed by atoms with Crippen LogP contribution in [0.2, 0.25) is 0 Å². The van der Waals surface area contributed by atoms with Crippen LogP contribution in [-0.4, -0.2) is 41.7 Å². The molecule has 0 aliphatic carbocycles. The van der Waals surface area contributed by atoms with E-state index in [-0.39, 0.29) is 17.9 Å². The number of ether oxygens (including phenoxy) is 3. The number of carbonyl (C=O) groups is 1. The van der Waals surface area contributed by atoms with Crippen LogP contribution >= 0.6 is 15.9 Å². The van der Waals surface area contributed by atoms with E-state index >= 15 is 0 Å². The number of fused-ring (bicyclic) bond motifs is 1. The standard InChI is InChI=1S/C27H24BrN3O5/c1-4-35-27(33)17(2)36-24-19(14-20(28)15-23(24)34-3)16-29-31-25(18-10-6-5-7-11-18)30-22-13-9-8-12-21(22)26(31)32/h5-17H,4H2,1-3H3/t17-/m0/s1. The zero-order valence-electron chi connectivity index (χ0n) is 20.0. The number of benzene rings is 3. The molecule has 0 fully saturated rings. The van der Waals surface area contributed by atoms with E-state index in [0.717, 1.165) is 5.56 Å². The molecule has 0 radical (unpaired) electrons. The Labute approximate surface area is 216 Å². The first-order chi connectivity index (χ1) is 17.4. The minimum absolute atomic E-state index is 0.235. The lowest BCUT2D eigenvalue weighted by atomic mass is 10.2. The van der Waals surface area contributed by atoms with Gasteiger partial charge in [-0.15, -0.1) is 0 Å². The van der Waals surface area contributed by atoms with E-state index in [0.29, 0.717) is 32.5 Å². The monoisotopic (exact) mass is 549 g/mol. The molecule has 0 aliphatic heterocycles. The number of hydrogen-bond acceptors (Lipinski definition) is 7. The van der Waals surface area contributed by atoms with Crippen LogP contribution in [0.4, 0.5) is 0 Å². The number of aromatic nitrogens is 2. The normalized spacial score (nSPS) is 12.0. The molecule has 1 atom stereocenters. The lowest BCUT2D eigenvalue weighted by Gasteiger charge is -2.18. The molecule has 1 aromatic heterocycles. The van der Waals surface area contributed by atoms with Gasteiger partial charge >= 0.3 is 5.97 Å². The van der Waals surface area contributed by atoms with Crippen molar-refractivity contribution in [1.29, 1.82) is 0 Å². The van der Waals surface area contributed by atoms with Crippen molar-refractivity contribution in [3.05, 3.63) is 87.1 Å². The largest absolute Gasteiger partial charge is 0.493 e. The summed E-state index contributed by atoms with van der Waals surface area (Å²) in [6, 6.07) is 19.9. The number of para-hydroxylation sites is 1. The van der Waals surface area contributed by atoms with E-state index in [9.17, 15) is 9.59 Å². The SMILES string of the molecule is CCOC(=O)[C@H](C)Oc1c(C=Nn2c(-c3ccccc3)nc3ccccc3c2=O)cc(Br)cc1OC. The van der Waals surface area contributed by atoms with Crippen LogP contribution in [0.3, 0.4) is 0 Å². The van der Waals surface area contributed by atoms with Crippen molar-refractivity contribution in [3.8, 4) is 22.9 Å². The molecule has 184 valence electrons. The van der Waals surface area contributed by atoms with Crippen molar-refractivity contribution < 1.29 is 19.0 Å². The third-order valence-corrected chi connectivity index (χ3v) is 5.74. The summed E-state index contributed by atoms with van der Waals surface area (Å²) in [7, 11) is 1.50. The number of nitrogens with zero attached hydrogens (tertiary/aromatic N) is 3. The van der Waals surface area contributed by atoms with Crippen molar-refractivity contribution in [2.45, 2.75) is 20.0 Å². The first kappa shape index (κ1) is 25.1. The number of halogens is 1. The van der Waals surface area contributed by atoms with Gasteiger partial charge in [0.2, 0.25) is 0 Å². The summed E-state index contributed by atoms with van der Waals surface area (Å²) >= 11 is 3.46. The Hall–Kier alpha value is -3.98. The Morgan fingerprint density at radius 2 is 1.86 bits per heavy atom. The fourth-order valence-electron chi connectivity index (χ4n) is 3.57. The Morgan fingerprint density at radius 1 is 1.14 bits per heavy atom. The summed E-state index contributed by atoms with van der Waals surface area (Å²) < 4.78 is 18.4. The molecule has 36 heavy (non-hydrogen) atoms. The first-order valence-electron chi connectivity index (χ1n) is 11.2. The third kappa shape index (κ3) is 5.31. The maximum absolute atomic E-state index is 13.4. The molecule has 8 nitrogen and oxygen atoms in total. The molecule has 0 amide bonds. The number of esters is 1. The summed E-state index contributed by atoms with van der Waals surface area (Å²) in [6.07, 6.45) is 0.585. The highest BCUT2D eigenvalue weighted by molar-refractivity contribution is 9.10. The molecule has 0 spiro atoms. The van der Waals surface area contributed by atoms with Gasteiger partial charge in [0, 0.05) is 15.6 Å². The summed E-state index contributed by atoms with van der Waals surface area (Å²) in [6.45, 7) is 3.55. The van der Waals surface area contributed by atoms with Crippen LogP contribution in [0.15, 0.2) is 81.1 Å². The van der Waals surface area contributed by atoms with Gasteiger partial charge in [-0.05, 0) is 38.1 Å². The third-order valence-electron chi connectivity index (χ3n) is 5.28. The lowest BCUT2D eigenvalue weighted by Crippen LogP contribution is -2.26. The van der Waals surface area contributed by atoms with Gasteiger partial charge in [-0.2, -0.15) is 9.78 Å². The maximum atomic E-state index is 13.4. The number of carbonyl (C=O) groups excluding carboxylic acids is 1. The Kier molecular flexibility index (Phi) is 7.80. The van der Waals surface area contributed by atoms with Crippen molar-refractivity contribution in [2.24, 2.45) is 5.10 Å². The van der Waals surface area contributed by atoms with Gasteiger partial charge in [-0.25, -0.2) is 9.78 Å². The lowest BCUT2D eigenvalue weighted by molar-refractivity contribution is -0.150. The van der Waals surface area contributed by atoms with Crippen molar-refractivity contribution in [1.82, 2.24) is 9.66 Å². The molecule has 4 aromatic rings. The van der Waals surface area contributed by atoms with Crippen LogP contribution in [0.1, 0.15) is 19.4 Å². The summed E-state index contributed by atoms with van der Waals surface area (Å²) in [4.78, 5) is 30.3. The number of methoxy groups -OCH3 is 1. The molecule has 0 bridgehead atoms. The molecular formula is C27H24BrN3O5. The van der Waals surface area contributed by atoms with Crippen molar-refractivity contribution in [2.75, 3.05) is 13.7 Å². The smallest absolute Gasteiger partial charge is 0.347 e. The second kappa shape index (κ2) is 11.2. The van der Waals surface area contributed by atoms with Gasteiger partial charge < -0.3 is 14.2 Å². The zero-order chi connectivity index (χ0) is 25.7. The summed E-state index contributed by atoms with van der Waals surface area (Å²) in [5, 5.41) is 4.95. The second-order valence-corrected chi connectivity index (χ2v) is 8.63. The highest BCUT2D eigenvalue weighted by Gasteiger charge is 2.21. The minimum atomic E-state index is -0.892. The van der Waals surface area contributed by atoms with E-state index in [1.165, 1.54) is 18.0 Å². The van der Waals surface area contributed by atoms with Crippen LogP contribution in [0.25, 0.3) is 22.3 Å². The predicted molar refractivity (Wildman–Crippen MR) is 142 cm³/mol. The number of hydrogen-bond donors (Lipinski definition) is 0. The summed E-state index contributed by atoms with van der Waals surface area (Å²) in [5.41, 5.74) is 1.47. The number of rotatable bonds is 8. The van der Waals surface area contributed by atoms with Gasteiger partial charge in [0.05, 0.1) is 30.8 Å². The van der Waals surface area contributed by atoms with Crippen LogP contribution < -0.4 is 15.0 Å². The summed E-state index contributed by atoms with van der Waals surface area (Å²) in [5.74, 6) is 0.550. The van der Waals surface area contributed by atoms with E-state index < -0.39 is 12.1 Å². The van der Waals surface area contributed by atoms with Crippen LogP contribution in [-0.2, 0) is 9.53 Å². The minimum Gasteiger partial charge on any atom is -0.493 e. The van der Waals surface area contributed by atoms with Gasteiger partial charge in [-0.3, -0.25) is 4.79 Å². The van der Waals surface area contributed by atoms with Crippen LogP contribution in [0.5, 0.6) is 11.5 Å². The molecule has 9 heteroatoms. The maximum Gasteiger partial charge on any atom is 0.347 e. The molecule has 1 heterocycles. The fraction of sp³-hybridized carbons (Fsp3) is 0.185.